The lowest BCUT2D eigenvalue weighted by molar-refractivity contribution is -0.253. The van der Waals surface area contributed by atoms with Gasteiger partial charge >= 0.3 is 18.7 Å². The van der Waals surface area contributed by atoms with E-state index in [-0.39, 0.29) is 19.6 Å². The van der Waals surface area contributed by atoms with E-state index in [0.29, 0.717) is 23.4 Å². The summed E-state index contributed by atoms with van der Waals surface area (Å²) in [6.07, 6.45) is -11.5. The Morgan fingerprint density at radius 1 is 0.729 bits per heavy atom. The van der Waals surface area contributed by atoms with Crippen LogP contribution in [0.15, 0.2) is 109 Å². The van der Waals surface area contributed by atoms with Crippen LogP contribution in [0.4, 0.5) is 30.7 Å². The van der Waals surface area contributed by atoms with Crippen LogP contribution in [0.5, 0.6) is 5.75 Å². The maximum absolute atomic E-state index is 13.7. The SMILES string of the molecule is CCCCn1c(-c2ccccc2)nc(-c2ccccc2)c1CN(Cc1cccc(OC(F)(F)C(F)F)c1)Cc1cccc(C(F)(F)F)c1. The monoisotopic (exact) mass is 669 g/mol. The zero-order valence-electron chi connectivity index (χ0n) is 26.1. The van der Waals surface area contributed by atoms with E-state index in [9.17, 15) is 30.7 Å². The molecule has 11 heteroatoms. The second-order valence-electron chi connectivity index (χ2n) is 11.4. The Balaban J connectivity index is 1.60. The predicted octanol–water partition coefficient (Wildman–Crippen LogP) is 10.5. The first-order chi connectivity index (χ1) is 22.9. The van der Waals surface area contributed by atoms with Crippen molar-refractivity contribution in [3.05, 3.63) is 132 Å². The normalized spacial score (nSPS) is 12.2. The standard InChI is InChI=1S/C37H34F7N3O/c1-2-3-20-47-32(33(28-14-6-4-7-15-28)45-34(47)29-16-8-5-9-17-29)25-46(23-26-12-10-18-30(21-26)36(40,41)42)24-27-13-11-19-31(22-27)48-37(43,44)35(38)39/h4-19,21-22,35H,2-3,20,23-25H2,1H3. The van der Waals surface area contributed by atoms with Gasteiger partial charge in [0.25, 0.3) is 0 Å². The highest BCUT2D eigenvalue weighted by atomic mass is 19.4. The van der Waals surface area contributed by atoms with E-state index in [1.54, 1.807) is 12.1 Å². The van der Waals surface area contributed by atoms with Gasteiger partial charge in [0.15, 0.2) is 0 Å². The third-order valence-electron chi connectivity index (χ3n) is 7.73. The van der Waals surface area contributed by atoms with Crippen LogP contribution in [0, 0.1) is 0 Å². The summed E-state index contributed by atoms with van der Waals surface area (Å²) in [6, 6.07) is 29.6. The van der Waals surface area contributed by atoms with Gasteiger partial charge in [-0.05, 0) is 35.7 Å². The van der Waals surface area contributed by atoms with Crippen LogP contribution in [0.1, 0.15) is 42.1 Å². The van der Waals surface area contributed by atoms with E-state index < -0.39 is 30.0 Å². The zero-order chi connectivity index (χ0) is 34.3. The molecule has 0 N–H and O–H groups in total. The molecule has 0 saturated carbocycles. The maximum atomic E-state index is 13.7. The number of hydrogen-bond acceptors (Lipinski definition) is 3. The quantitative estimate of drug-likeness (QED) is 0.110. The molecule has 0 unspecified atom stereocenters. The molecular formula is C37H34F7N3O. The van der Waals surface area contributed by atoms with Crippen LogP contribution in [0.25, 0.3) is 22.6 Å². The number of halogens is 7. The van der Waals surface area contributed by atoms with Crippen molar-refractivity contribution < 1.29 is 35.5 Å². The van der Waals surface area contributed by atoms with Gasteiger partial charge in [0.05, 0.1) is 17.0 Å². The second-order valence-corrected chi connectivity index (χ2v) is 11.4. The first-order valence-corrected chi connectivity index (χ1v) is 15.5. The molecule has 0 spiro atoms. The van der Waals surface area contributed by atoms with E-state index in [4.69, 9.17) is 4.98 Å². The van der Waals surface area contributed by atoms with Crippen molar-refractivity contribution in [1.82, 2.24) is 14.5 Å². The molecule has 0 fully saturated rings. The minimum Gasteiger partial charge on any atom is -0.428 e. The van der Waals surface area contributed by atoms with Crippen molar-refractivity contribution in [2.45, 2.75) is 64.7 Å². The lowest BCUT2D eigenvalue weighted by Crippen LogP contribution is -2.33. The predicted molar refractivity (Wildman–Crippen MR) is 170 cm³/mol. The molecule has 4 nitrogen and oxygen atoms in total. The van der Waals surface area contributed by atoms with Gasteiger partial charge in [0, 0.05) is 37.3 Å². The smallest absolute Gasteiger partial charge is 0.428 e. The molecule has 5 rings (SSSR count). The van der Waals surface area contributed by atoms with Gasteiger partial charge in [-0.3, -0.25) is 4.90 Å². The second kappa shape index (κ2) is 15.1. The van der Waals surface area contributed by atoms with E-state index in [1.165, 1.54) is 18.2 Å². The summed E-state index contributed by atoms with van der Waals surface area (Å²) in [5.74, 6) is 0.280. The summed E-state index contributed by atoms with van der Waals surface area (Å²) in [5, 5.41) is 0. The van der Waals surface area contributed by atoms with Crippen LogP contribution in [-0.2, 0) is 32.4 Å². The molecule has 0 saturated heterocycles. The van der Waals surface area contributed by atoms with E-state index in [0.717, 1.165) is 53.7 Å². The van der Waals surface area contributed by atoms with Crippen molar-refractivity contribution in [2.24, 2.45) is 0 Å². The third-order valence-corrected chi connectivity index (χ3v) is 7.73. The number of rotatable bonds is 14. The number of benzene rings is 4. The highest BCUT2D eigenvalue weighted by Gasteiger charge is 2.44. The number of nitrogens with zero attached hydrogens (tertiary/aromatic N) is 3. The Morgan fingerprint density at radius 2 is 1.33 bits per heavy atom. The molecule has 0 aliphatic heterocycles. The van der Waals surface area contributed by atoms with Gasteiger partial charge in [0.2, 0.25) is 0 Å². The average Bonchev–Trinajstić information content (AvgIpc) is 3.41. The van der Waals surface area contributed by atoms with Crippen molar-refractivity contribution >= 4 is 0 Å². The molecule has 0 amide bonds. The lowest BCUT2D eigenvalue weighted by Gasteiger charge is -2.25. The summed E-state index contributed by atoms with van der Waals surface area (Å²) < 4.78 is 101. The zero-order valence-corrected chi connectivity index (χ0v) is 26.1. The molecule has 0 bridgehead atoms. The molecule has 1 aromatic heterocycles. The number of imidazole rings is 1. The molecule has 1 heterocycles. The molecule has 0 aliphatic rings. The Morgan fingerprint density at radius 3 is 1.94 bits per heavy atom. The number of alkyl halides is 7. The van der Waals surface area contributed by atoms with Crippen LogP contribution < -0.4 is 4.74 Å². The molecular weight excluding hydrogens is 635 g/mol. The van der Waals surface area contributed by atoms with Gasteiger partial charge in [-0.1, -0.05) is 104 Å². The minimum absolute atomic E-state index is 0.0516. The summed E-state index contributed by atoms with van der Waals surface area (Å²) >= 11 is 0. The largest absolute Gasteiger partial charge is 0.461 e. The highest BCUT2D eigenvalue weighted by Crippen LogP contribution is 2.34. The van der Waals surface area contributed by atoms with Gasteiger partial charge < -0.3 is 9.30 Å². The van der Waals surface area contributed by atoms with Crippen molar-refractivity contribution in [2.75, 3.05) is 0 Å². The van der Waals surface area contributed by atoms with Crippen LogP contribution in [0.3, 0.4) is 0 Å². The number of unbranched alkanes of at least 4 members (excludes halogenated alkanes) is 1. The number of aromatic nitrogens is 2. The van der Waals surface area contributed by atoms with Crippen molar-refractivity contribution in [3.8, 4) is 28.4 Å². The maximum Gasteiger partial charge on any atom is 0.461 e. The fraction of sp³-hybridized carbons (Fsp3) is 0.270. The number of ether oxygens (including phenoxy) is 1. The fourth-order valence-corrected chi connectivity index (χ4v) is 5.49. The summed E-state index contributed by atoms with van der Waals surface area (Å²) in [5.41, 5.74) is 3.29. The molecule has 0 aliphatic carbocycles. The van der Waals surface area contributed by atoms with Crippen LogP contribution in [-0.4, -0.2) is 27.0 Å². The van der Waals surface area contributed by atoms with Gasteiger partial charge in [-0.2, -0.15) is 30.7 Å². The Kier molecular flexibility index (Phi) is 10.9. The van der Waals surface area contributed by atoms with E-state index in [2.05, 4.69) is 16.2 Å². The molecule has 4 aromatic carbocycles. The number of hydrogen-bond donors (Lipinski definition) is 0. The fourth-order valence-electron chi connectivity index (χ4n) is 5.49. The van der Waals surface area contributed by atoms with E-state index in [1.807, 2.05) is 65.6 Å². The van der Waals surface area contributed by atoms with Gasteiger partial charge in [0.1, 0.15) is 11.6 Å². The molecule has 0 radical (unpaired) electrons. The Labute approximate surface area is 274 Å². The first-order valence-electron chi connectivity index (χ1n) is 15.5. The van der Waals surface area contributed by atoms with Crippen LogP contribution in [0.2, 0.25) is 0 Å². The lowest BCUT2D eigenvalue weighted by atomic mass is 10.1. The van der Waals surface area contributed by atoms with Crippen molar-refractivity contribution in [3.63, 3.8) is 0 Å². The minimum atomic E-state index is -4.69. The summed E-state index contributed by atoms with van der Waals surface area (Å²) in [7, 11) is 0. The van der Waals surface area contributed by atoms with Gasteiger partial charge in [-0.25, -0.2) is 4.98 Å². The van der Waals surface area contributed by atoms with Crippen LogP contribution >= 0.6 is 0 Å². The molecule has 5 aromatic rings. The Hall–Kier alpha value is -4.64. The summed E-state index contributed by atoms with van der Waals surface area (Å²) in [4.78, 5) is 6.98. The molecule has 0 atom stereocenters. The average molecular weight is 670 g/mol. The first kappa shape index (κ1) is 34.7. The Bertz CT molecular complexity index is 1770. The highest BCUT2D eigenvalue weighted by molar-refractivity contribution is 5.68. The van der Waals surface area contributed by atoms with Gasteiger partial charge in [-0.15, -0.1) is 0 Å². The van der Waals surface area contributed by atoms with Crippen molar-refractivity contribution in [1.29, 1.82) is 0 Å². The third kappa shape index (κ3) is 8.63. The van der Waals surface area contributed by atoms with E-state index >= 15 is 0 Å². The topological polar surface area (TPSA) is 30.3 Å². The molecule has 48 heavy (non-hydrogen) atoms. The molecule has 252 valence electrons. The summed E-state index contributed by atoms with van der Waals surface area (Å²) in [6.45, 7) is 3.03.